The Morgan fingerprint density at radius 1 is 1.33 bits per heavy atom. The second-order valence-corrected chi connectivity index (χ2v) is 5.64. The van der Waals surface area contributed by atoms with Crippen molar-refractivity contribution < 1.29 is 17.9 Å². The van der Waals surface area contributed by atoms with Gasteiger partial charge in [-0.3, -0.25) is 0 Å². The van der Waals surface area contributed by atoms with Crippen molar-refractivity contribution >= 4 is 11.0 Å². The minimum absolute atomic E-state index is 0.117. The molecule has 6 heteroatoms. The lowest BCUT2D eigenvalue weighted by Gasteiger charge is -2.16. The third-order valence-electron chi connectivity index (χ3n) is 3.78. The molecule has 0 amide bonds. The second-order valence-electron chi connectivity index (χ2n) is 5.64. The molecule has 1 aromatic heterocycles. The zero-order valence-corrected chi connectivity index (χ0v) is 11.9. The van der Waals surface area contributed by atoms with Crippen LogP contribution < -0.4 is 0 Å². The van der Waals surface area contributed by atoms with Crippen LogP contribution in [0.15, 0.2) is 18.2 Å². The maximum atomic E-state index is 12.8. The highest BCUT2D eigenvalue weighted by Crippen LogP contribution is 2.35. The first kappa shape index (κ1) is 14.4. The van der Waals surface area contributed by atoms with Gasteiger partial charge in [-0.05, 0) is 44.9 Å². The van der Waals surface area contributed by atoms with Gasteiger partial charge in [0.15, 0.2) is 0 Å². The van der Waals surface area contributed by atoms with Crippen LogP contribution in [-0.4, -0.2) is 16.2 Å². The first-order valence-electron chi connectivity index (χ1n) is 7.08. The third-order valence-corrected chi connectivity index (χ3v) is 3.78. The summed E-state index contributed by atoms with van der Waals surface area (Å²) in [6.45, 7) is 4.67. The van der Waals surface area contributed by atoms with Crippen molar-refractivity contribution in [3.63, 3.8) is 0 Å². The number of imidazole rings is 1. The summed E-state index contributed by atoms with van der Waals surface area (Å²) in [5.41, 5.74) is 0.440. The molecule has 0 radical (unpaired) electrons. The molecule has 1 atom stereocenters. The summed E-state index contributed by atoms with van der Waals surface area (Å²) in [4.78, 5) is 4.43. The SMILES string of the molecule is CC(C)n1c([C@H]2CCCO2)nc2cc(C(F)(F)F)ccc21. The van der Waals surface area contributed by atoms with Crippen molar-refractivity contribution in [3.8, 4) is 0 Å². The molecule has 1 aliphatic rings. The van der Waals surface area contributed by atoms with E-state index in [0.29, 0.717) is 12.1 Å². The summed E-state index contributed by atoms with van der Waals surface area (Å²) in [7, 11) is 0. The van der Waals surface area contributed by atoms with Gasteiger partial charge in [0.1, 0.15) is 11.9 Å². The maximum Gasteiger partial charge on any atom is 0.416 e. The fourth-order valence-corrected chi connectivity index (χ4v) is 2.84. The molecule has 1 aromatic carbocycles. The number of aromatic nitrogens is 2. The lowest BCUT2D eigenvalue weighted by atomic mass is 10.2. The predicted molar refractivity (Wildman–Crippen MR) is 73.0 cm³/mol. The number of hydrogen-bond donors (Lipinski definition) is 0. The largest absolute Gasteiger partial charge is 0.416 e. The molecule has 114 valence electrons. The Balaban J connectivity index is 2.16. The Morgan fingerprint density at radius 3 is 2.67 bits per heavy atom. The zero-order valence-electron chi connectivity index (χ0n) is 11.9. The Labute approximate surface area is 120 Å². The van der Waals surface area contributed by atoms with Crippen LogP contribution in [0.2, 0.25) is 0 Å². The summed E-state index contributed by atoms with van der Waals surface area (Å²) >= 11 is 0. The fourth-order valence-electron chi connectivity index (χ4n) is 2.84. The number of benzene rings is 1. The molecule has 3 nitrogen and oxygen atoms in total. The van der Waals surface area contributed by atoms with E-state index in [4.69, 9.17) is 4.74 Å². The number of alkyl halides is 3. The molecule has 21 heavy (non-hydrogen) atoms. The summed E-state index contributed by atoms with van der Waals surface area (Å²) in [6.07, 6.45) is -2.64. The summed E-state index contributed by atoms with van der Waals surface area (Å²) < 4.78 is 46.1. The molecule has 0 saturated carbocycles. The number of halogens is 3. The van der Waals surface area contributed by atoms with Gasteiger partial charge in [0.25, 0.3) is 0 Å². The Bertz CT molecular complexity index is 655. The predicted octanol–water partition coefficient (Wildman–Crippen LogP) is 4.49. The van der Waals surface area contributed by atoms with E-state index in [-0.39, 0.29) is 12.1 Å². The van der Waals surface area contributed by atoms with E-state index in [1.807, 2.05) is 18.4 Å². The summed E-state index contributed by atoms with van der Waals surface area (Å²) in [5, 5.41) is 0. The lowest BCUT2D eigenvalue weighted by molar-refractivity contribution is -0.137. The van der Waals surface area contributed by atoms with Gasteiger partial charge in [-0.2, -0.15) is 13.2 Å². The van der Waals surface area contributed by atoms with Crippen molar-refractivity contribution in [2.75, 3.05) is 6.61 Å². The van der Waals surface area contributed by atoms with Crippen molar-refractivity contribution in [3.05, 3.63) is 29.6 Å². The van der Waals surface area contributed by atoms with E-state index in [9.17, 15) is 13.2 Å². The molecule has 2 heterocycles. The highest BCUT2D eigenvalue weighted by molar-refractivity contribution is 5.77. The van der Waals surface area contributed by atoms with Gasteiger partial charge in [-0.25, -0.2) is 4.98 Å². The van der Waals surface area contributed by atoms with Crippen molar-refractivity contribution in [2.24, 2.45) is 0 Å². The zero-order chi connectivity index (χ0) is 15.2. The second kappa shape index (κ2) is 5.02. The standard InChI is InChI=1S/C15H17F3N2O/c1-9(2)20-12-6-5-10(15(16,17)18)8-11(12)19-14(20)13-4-3-7-21-13/h5-6,8-9,13H,3-4,7H2,1-2H3/t13-/m1/s1. The Kier molecular flexibility index (Phi) is 3.43. The quantitative estimate of drug-likeness (QED) is 0.817. The first-order valence-corrected chi connectivity index (χ1v) is 7.08. The van der Waals surface area contributed by atoms with Gasteiger partial charge >= 0.3 is 6.18 Å². The van der Waals surface area contributed by atoms with Crippen molar-refractivity contribution in [2.45, 2.75) is 45.0 Å². The van der Waals surface area contributed by atoms with Gasteiger partial charge in [-0.1, -0.05) is 0 Å². The monoisotopic (exact) mass is 298 g/mol. The van der Waals surface area contributed by atoms with E-state index in [0.717, 1.165) is 36.3 Å². The fraction of sp³-hybridized carbons (Fsp3) is 0.533. The first-order chi connectivity index (χ1) is 9.88. The van der Waals surface area contributed by atoms with Crippen molar-refractivity contribution in [1.82, 2.24) is 9.55 Å². The average molecular weight is 298 g/mol. The van der Waals surface area contributed by atoms with E-state index in [1.54, 1.807) is 0 Å². The molecule has 0 aliphatic carbocycles. The number of hydrogen-bond acceptors (Lipinski definition) is 2. The van der Waals surface area contributed by atoms with Gasteiger partial charge in [0.2, 0.25) is 0 Å². The molecule has 0 unspecified atom stereocenters. The van der Waals surface area contributed by atoms with Crippen LogP contribution in [0.3, 0.4) is 0 Å². The van der Waals surface area contributed by atoms with Crippen LogP contribution in [0.5, 0.6) is 0 Å². The van der Waals surface area contributed by atoms with Gasteiger partial charge < -0.3 is 9.30 Å². The molecule has 1 fully saturated rings. The van der Waals surface area contributed by atoms with Crippen molar-refractivity contribution in [1.29, 1.82) is 0 Å². The van der Waals surface area contributed by atoms with Gasteiger partial charge in [-0.15, -0.1) is 0 Å². The van der Waals surface area contributed by atoms with Crippen LogP contribution in [0.25, 0.3) is 11.0 Å². The smallest absolute Gasteiger partial charge is 0.370 e. The molecule has 2 aromatic rings. The Morgan fingerprint density at radius 2 is 2.10 bits per heavy atom. The summed E-state index contributed by atoms with van der Waals surface area (Å²) in [5.74, 6) is 0.733. The molecular weight excluding hydrogens is 281 g/mol. The molecule has 0 spiro atoms. The minimum Gasteiger partial charge on any atom is -0.370 e. The maximum absolute atomic E-state index is 12.8. The van der Waals surface area contributed by atoms with Crippen LogP contribution in [0.4, 0.5) is 13.2 Å². The highest BCUT2D eigenvalue weighted by Gasteiger charge is 2.32. The molecule has 3 rings (SSSR count). The van der Waals surface area contributed by atoms with E-state index in [2.05, 4.69) is 4.98 Å². The van der Waals surface area contributed by atoms with Gasteiger partial charge in [0, 0.05) is 12.6 Å². The number of fused-ring (bicyclic) bond motifs is 1. The molecule has 0 N–H and O–H groups in total. The van der Waals surface area contributed by atoms with E-state index >= 15 is 0 Å². The van der Waals surface area contributed by atoms with E-state index < -0.39 is 11.7 Å². The van der Waals surface area contributed by atoms with Crippen LogP contribution in [0.1, 0.15) is 50.2 Å². The number of nitrogens with zero attached hydrogens (tertiary/aromatic N) is 2. The normalized spacial score (nSPS) is 19.8. The van der Waals surface area contributed by atoms with E-state index in [1.165, 1.54) is 6.07 Å². The van der Waals surface area contributed by atoms with Crippen LogP contribution >= 0.6 is 0 Å². The lowest BCUT2D eigenvalue weighted by Crippen LogP contribution is -2.10. The topological polar surface area (TPSA) is 27.1 Å². The summed E-state index contributed by atoms with van der Waals surface area (Å²) in [6, 6.07) is 3.85. The number of ether oxygens (including phenoxy) is 1. The third kappa shape index (κ3) is 2.52. The highest BCUT2D eigenvalue weighted by atomic mass is 19.4. The van der Waals surface area contributed by atoms with Gasteiger partial charge in [0.05, 0.1) is 16.6 Å². The Hall–Kier alpha value is -1.56. The molecule has 0 bridgehead atoms. The van der Waals surface area contributed by atoms with Crippen LogP contribution in [-0.2, 0) is 10.9 Å². The molecular formula is C15H17F3N2O. The number of rotatable bonds is 2. The minimum atomic E-state index is -4.35. The average Bonchev–Trinajstić information content (AvgIpc) is 3.03. The molecule has 1 aliphatic heterocycles. The van der Waals surface area contributed by atoms with Crippen LogP contribution in [0, 0.1) is 0 Å². The molecule has 1 saturated heterocycles.